The minimum absolute atomic E-state index is 0.0256. The van der Waals surface area contributed by atoms with Gasteiger partial charge in [-0.1, -0.05) is 30.0 Å². The normalized spacial score (nSPS) is 13.5. The maximum absolute atomic E-state index is 12.9. The minimum Gasteiger partial charge on any atom is -0.311 e. The minimum atomic E-state index is -3.50. The summed E-state index contributed by atoms with van der Waals surface area (Å²) in [6.07, 6.45) is 4.26. The zero-order valence-corrected chi connectivity index (χ0v) is 18.3. The summed E-state index contributed by atoms with van der Waals surface area (Å²) in [6, 6.07) is 12.9. The van der Waals surface area contributed by atoms with Crippen molar-refractivity contribution in [3.63, 3.8) is 0 Å². The van der Waals surface area contributed by atoms with Crippen molar-refractivity contribution in [3.05, 3.63) is 66.0 Å². The third-order valence-electron chi connectivity index (χ3n) is 5.13. The highest BCUT2D eigenvalue weighted by molar-refractivity contribution is 7.99. The summed E-state index contributed by atoms with van der Waals surface area (Å²) >= 11 is 1.39. The summed E-state index contributed by atoms with van der Waals surface area (Å²) in [5, 5.41) is 0.757. The molecule has 1 aromatic heterocycles. The average Bonchev–Trinajstić information content (AvgIpc) is 3.38. The van der Waals surface area contributed by atoms with E-state index < -0.39 is 10.0 Å². The van der Waals surface area contributed by atoms with Gasteiger partial charge in [-0.3, -0.25) is 9.36 Å². The van der Waals surface area contributed by atoms with Crippen LogP contribution in [0.1, 0.15) is 11.1 Å². The molecular formula is C21H22N4O3S2. The van der Waals surface area contributed by atoms with E-state index in [1.54, 1.807) is 23.2 Å². The van der Waals surface area contributed by atoms with Gasteiger partial charge < -0.3 is 4.90 Å². The Morgan fingerprint density at radius 2 is 2.00 bits per heavy atom. The van der Waals surface area contributed by atoms with Crippen molar-refractivity contribution in [3.8, 4) is 5.69 Å². The number of fused-ring (bicyclic) bond motifs is 1. The smallest absolute Gasteiger partial charge is 0.240 e. The highest BCUT2D eigenvalue weighted by atomic mass is 32.2. The number of amides is 1. The van der Waals surface area contributed by atoms with E-state index in [0.29, 0.717) is 13.0 Å². The summed E-state index contributed by atoms with van der Waals surface area (Å²) in [5.74, 6) is 0.223. The number of hydrogen-bond donors (Lipinski definition) is 1. The highest BCUT2D eigenvalue weighted by Crippen LogP contribution is 2.31. The topological polar surface area (TPSA) is 84.3 Å². The van der Waals surface area contributed by atoms with Crippen LogP contribution in [0.15, 0.2) is 64.9 Å². The molecule has 0 saturated carbocycles. The average molecular weight is 443 g/mol. The van der Waals surface area contributed by atoms with E-state index in [2.05, 4.69) is 9.71 Å². The van der Waals surface area contributed by atoms with Crippen LogP contribution in [-0.4, -0.2) is 43.2 Å². The van der Waals surface area contributed by atoms with E-state index in [1.807, 2.05) is 42.0 Å². The third kappa shape index (κ3) is 3.88. The van der Waals surface area contributed by atoms with Crippen molar-refractivity contribution < 1.29 is 13.2 Å². The van der Waals surface area contributed by atoms with Crippen LogP contribution in [0.2, 0.25) is 0 Å². The van der Waals surface area contributed by atoms with Gasteiger partial charge in [-0.15, -0.1) is 0 Å². The van der Waals surface area contributed by atoms with Crippen molar-refractivity contribution in [2.45, 2.75) is 23.4 Å². The number of thioether (sulfide) groups is 1. The van der Waals surface area contributed by atoms with Crippen molar-refractivity contribution in [2.24, 2.45) is 0 Å². The van der Waals surface area contributed by atoms with E-state index in [9.17, 15) is 13.2 Å². The Bertz CT molecular complexity index is 1200. The number of benzene rings is 2. The first-order chi connectivity index (χ1) is 14.4. The van der Waals surface area contributed by atoms with Gasteiger partial charge >= 0.3 is 0 Å². The van der Waals surface area contributed by atoms with Gasteiger partial charge in [-0.2, -0.15) is 0 Å². The largest absolute Gasteiger partial charge is 0.311 e. The molecule has 0 fully saturated rings. The number of anilines is 1. The van der Waals surface area contributed by atoms with Crippen LogP contribution in [-0.2, 0) is 21.2 Å². The van der Waals surface area contributed by atoms with Crippen LogP contribution in [0.5, 0.6) is 0 Å². The number of imidazole rings is 1. The molecule has 1 amide bonds. The SMILES string of the molecule is CNS(=O)(=O)c1ccc2c(c1)CCN2C(=O)CSc1nccn1-c1ccccc1C. The molecule has 2 heterocycles. The maximum Gasteiger partial charge on any atom is 0.240 e. The van der Waals surface area contributed by atoms with Gasteiger partial charge in [0.15, 0.2) is 5.16 Å². The van der Waals surface area contributed by atoms with Crippen LogP contribution < -0.4 is 9.62 Å². The number of nitrogens with one attached hydrogen (secondary N) is 1. The molecule has 1 N–H and O–H groups in total. The molecule has 3 aromatic rings. The number of hydrogen-bond acceptors (Lipinski definition) is 5. The number of para-hydroxylation sites is 1. The fourth-order valence-electron chi connectivity index (χ4n) is 3.54. The van der Waals surface area contributed by atoms with E-state index >= 15 is 0 Å². The summed E-state index contributed by atoms with van der Waals surface area (Å²) in [6.45, 7) is 2.59. The Morgan fingerprint density at radius 1 is 1.20 bits per heavy atom. The summed E-state index contributed by atoms with van der Waals surface area (Å²) in [7, 11) is -2.12. The Balaban J connectivity index is 1.49. The van der Waals surface area contributed by atoms with E-state index in [1.165, 1.54) is 24.9 Å². The highest BCUT2D eigenvalue weighted by Gasteiger charge is 2.26. The molecule has 0 radical (unpaired) electrons. The lowest BCUT2D eigenvalue weighted by atomic mass is 10.2. The predicted molar refractivity (Wildman–Crippen MR) is 118 cm³/mol. The van der Waals surface area contributed by atoms with E-state index in [4.69, 9.17) is 0 Å². The molecule has 1 aliphatic rings. The van der Waals surface area contributed by atoms with Crippen LogP contribution in [0.4, 0.5) is 5.69 Å². The molecule has 0 atom stereocenters. The first kappa shape index (κ1) is 20.6. The molecule has 0 bridgehead atoms. The van der Waals surface area contributed by atoms with Gasteiger partial charge in [0.05, 0.1) is 16.3 Å². The van der Waals surface area contributed by atoms with Crippen LogP contribution >= 0.6 is 11.8 Å². The molecule has 30 heavy (non-hydrogen) atoms. The lowest BCUT2D eigenvalue weighted by Crippen LogP contribution is -2.30. The van der Waals surface area contributed by atoms with Crippen LogP contribution in [0.25, 0.3) is 5.69 Å². The molecule has 9 heteroatoms. The van der Waals surface area contributed by atoms with Crippen LogP contribution in [0.3, 0.4) is 0 Å². The van der Waals surface area contributed by atoms with Gasteiger partial charge in [0.25, 0.3) is 0 Å². The summed E-state index contributed by atoms with van der Waals surface area (Å²) in [4.78, 5) is 19.2. The quantitative estimate of drug-likeness (QED) is 0.594. The zero-order chi connectivity index (χ0) is 21.3. The summed E-state index contributed by atoms with van der Waals surface area (Å²) in [5.41, 5.74) is 3.81. The first-order valence-corrected chi connectivity index (χ1v) is 12.0. The molecule has 4 rings (SSSR count). The number of carbonyl (C=O) groups is 1. The number of nitrogens with zero attached hydrogens (tertiary/aromatic N) is 3. The van der Waals surface area contributed by atoms with Gasteiger partial charge in [0.2, 0.25) is 15.9 Å². The molecule has 0 unspecified atom stereocenters. The molecule has 1 aliphatic heterocycles. The predicted octanol–water partition coefficient (Wildman–Crippen LogP) is 2.77. The van der Waals surface area contributed by atoms with Crippen molar-refractivity contribution in [2.75, 3.05) is 24.2 Å². The summed E-state index contributed by atoms with van der Waals surface area (Å²) < 4.78 is 28.3. The molecular weight excluding hydrogens is 420 g/mol. The van der Waals surface area contributed by atoms with Crippen molar-refractivity contribution in [1.29, 1.82) is 0 Å². The van der Waals surface area contributed by atoms with Crippen molar-refractivity contribution >= 4 is 33.4 Å². The number of rotatable bonds is 6. The van der Waals surface area contributed by atoms with Crippen molar-refractivity contribution in [1.82, 2.24) is 14.3 Å². The standard InChI is InChI=1S/C21H22N4O3S2/c1-15-5-3-4-6-18(15)25-12-10-23-21(25)29-14-20(26)24-11-9-16-13-17(7-8-19(16)24)30(27,28)22-2/h3-8,10,12-13,22H,9,11,14H2,1-2H3. The Morgan fingerprint density at radius 3 is 2.77 bits per heavy atom. The number of sulfonamides is 1. The Labute approximate surface area is 180 Å². The zero-order valence-electron chi connectivity index (χ0n) is 16.7. The lowest BCUT2D eigenvalue weighted by Gasteiger charge is -2.17. The van der Waals surface area contributed by atoms with E-state index in [-0.39, 0.29) is 16.6 Å². The second-order valence-corrected chi connectivity index (χ2v) is 9.78. The second-order valence-electron chi connectivity index (χ2n) is 6.95. The molecule has 7 nitrogen and oxygen atoms in total. The Hall–Kier alpha value is -2.62. The van der Waals surface area contributed by atoms with Gasteiger partial charge in [-0.25, -0.2) is 18.1 Å². The number of aryl methyl sites for hydroxylation is 1. The number of carbonyl (C=O) groups excluding carboxylic acids is 1. The first-order valence-electron chi connectivity index (χ1n) is 9.49. The van der Waals surface area contributed by atoms with Gasteiger partial charge in [-0.05, 0) is 55.8 Å². The Kier molecular flexibility index (Phi) is 5.68. The molecule has 0 saturated heterocycles. The fourth-order valence-corrected chi connectivity index (χ4v) is 5.16. The fraction of sp³-hybridized carbons (Fsp3) is 0.238. The van der Waals surface area contributed by atoms with E-state index in [0.717, 1.165) is 27.7 Å². The monoisotopic (exact) mass is 442 g/mol. The molecule has 156 valence electrons. The third-order valence-corrected chi connectivity index (χ3v) is 7.50. The second kappa shape index (κ2) is 8.25. The van der Waals surface area contributed by atoms with Crippen LogP contribution in [0, 0.1) is 6.92 Å². The maximum atomic E-state index is 12.9. The van der Waals surface area contributed by atoms with Gasteiger partial charge in [0.1, 0.15) is 0 Å². The number of aromatic nitrogens is 2. The molecule has 0 spiro atoms. The molecule has 2 aromatic carbocycles. The lowest BCUT2D eigenvalue weighted by molar-refractivity contribution is -0.116. The molecule has 0 aliphatic carbocycles. The van der Waals surface area contributed by atoms with Gasteiger partial charge in [0, 0.05) is 24.6 Å².